The van der Waals surface area contributed by atoms with Gasteiger partial charge in [0.2, 0.25) is 5.91 Å². The predicted octanol–water partition coefficient (Wildman–Crippen LogP) is 2.70. The van der Waals surface area contributed by atoms with Gasteiger partial charge in [0.15, 0.2) is 0 Å². The van der Waals surface area contributed by atoms with Crippen molar-refractivity contribution < 1.29 is 4.79 Å². The lowest BCUT2D eigenvalue weighted by Gasteiger charge is -2.12. The number of hydrogen-bond donors (Lipinski definition) is 1. The van der Waals surface area contributed by atoms with Crippen LogP contribution in [0, 0.1) is 18.3 Å². The van der Waals surface area contributed by atoms with Gasteiger partial charge in [-0.2, -0.15) is 5.26 Å². The van der Waals surface area contributed by atoms with Gasteiger partial charge in [-0.3, -0.25) is 4.79 Å². The lowest BCUT2D eigenvalue weighted by Crippen LogP contribution is -2.23. The summed E-state index contributed by atoms with van der Waals surface area (Å²) in [5.41, 5.74) is 2.08. The zero-order valence-corrected chi connectivity index (χ0v) is 10.5. The first-order valence-electron chi connectivity index (χ1n) is 5.64. The molecule has 0 aromatic heterocycles. The Morgan fingerprint density at radius 3 is 3.06 bits per heavy atom. The van der Waals surface area contributed by atoms with Crippen molar-refractivity contribution in [1.82, 2.24) is 0 Å². The number of nitrogens with one attached hydrogen (secondary N) is 1. The van der Waals surface area contributed by atoms with Crippen LogP contribution in [0.1, 0.15) is 24.0 Å². The van der Waals surface area contributed by atoms with Crippen LogP contribution in [0.3, 0.4) is 0 Å². The minimum absolute atomic E-state index is 0.0228. The van der Waals surface area contributed by atoms with E-state index in [1.54, 1.807) is 17.8 Å². The Morgan fingerprint density at radius 1 is 1.59 bits per heavy atom. The minimum Gasteiger partial charge on any atom is -0.324 e. The second kappa shape index (κ2) is 5.24. The van der Waals surface area contributed by atoms with E-state index in [1.165, 1.54) is 0 Å². The second-order valence-electron chi connectivity index (χ2n) is 4.10. The monoisotopic (exact) mass is 246 g/mol. The molecular formula is C13H14N2OS. The Labute approximate surface area is 105 Å². The number of aryl methyl sites for hydroxylation is 1. The maximum Gasteiger partial charge on any atom is 0.237 e. The Balaban J connectivity index is 2.16. The van der Waals surface area contributed by atoms with E-state index in [0.29, 0.717) is 11.3 Å². The minimum atomic E-state index is 0.0228. The number of anilines is 1. The van der Waals surface area contributed by atoms with Gasteiger partial charge in [-0.25, -0.2) is 0 Å². The number of amides is 1. The van der Waals surface area contributed by atoms with E-state index in [2.05, 4.69) is 11.4 Å². The van der Waals surface area contributed by atoms with Crippen molar-refractivity contribution in [3.63, 3.8) is 0 Å². The lowest BCUT2D eigenvalue weighted by molar-refractivity contribution is -0.115. The molecule has 1 fully saturated rings. The molecule has 3 nitrogen and oxygen atoms in total. The SMILES string of the molecule is Cc1cccc(NC(=O)C2CCCS2)c1C#N. The number of rotatable bonds is 2. The Bertz CT molecular complexity index is 473. The van der Waals surface area contributed by atoms with Crippen LogP contribution in [-0.4, -0.2) is 16.9 Å². The van der Waals surface area contributed by atoms with Crippen LogP contribution in [0.4, 0.5) is 5.69 Å². The van der Waals surface area contributed by atoms with E-state index in [4.69, 9.17) is 5.26 Å². The van der Waals surface area contributed by atoms with Crippen LogP contribution < -0.4 is 5.32 Å². The number of thioether (sulfide) groups is 1. The van der Waals surface area contributed by atoms with E-state index >= 15 is 0 Å². The number of carbonyl (C=O) groups is 1. The molecule has 17 heavy (non-hydrogen) atoms. The molecule has 1 aliphatic rings. The summed E-state index contributed by atoms with van der Waals surface area (Å²) in [6, 6.07) is 7.65. The van der Waals surface area contributed by atoms with Gasteiger partial charge in [0, 0.05) is 0 Å². The second-order valence-corrected chi connectivity index (χ2v) is 5.41. The fourth-order valence-electron chi connectivity index (χ4n) is 1.92. The summed E-state index contributed by atoms with van der Waals surface area (Å²) < 4.78 is 0. The summed E-state index contributed by atoms with van der Waals surface area (Å²) in [6.07, 6.45) is 2.03. The van der Waals surface area contributed by atoms with Crippen LogP contribution in [0.5, 0.6) is 0 Å². The molecule has 1 heterocycles. The predicted molar refractivity (Wildman–Crippen MR) is 70.0 cm³/mol. The highest BCUT2D eigenvalue weighted by atomic mass is 32.2. The van der Waals surface area contributed by atoms with Crippen LogP contribution in [0.15, 0.2) is 18.2 Å². The molecule has 1 aromatic carbocycles. The van der Waals surface area contributed by atoms with E-state index in [1.807, 2.05) is 19.1 Å². The van der Waals surface area contributed by atoms with Crippen molar-refractivity contribution in [2.45, 2.75) is 25.0 Å². The van der Waals surface area contributed by atoms with Gasteiger partial charge in [-0.05, 0) is 37.1 Å². The largest absolute Gasteiger partial charge is 0.324 e. The summed E-state index contributed by atoms with van der Waals surface area (Å²) in [5.74, 6) is 1.08. The fraction of sp³-hybridized carbons (Fsp3) is 0.385. The molecule has 1 atom stereocenters. The number of nitriles is 1. The molecule has 1 aliphatic heterocycles. The van der Waals surface area contributed by atoms with Crippen molar-refractivity contribution >= 4 is 23.4 Å². The molecule has 0 spiro atoms. The Morgan fingerprint density at radius 2 is 2.41 bits per heavy atom. The lowest BCUT2D eigenvalue weighted by atomic mass is 10.1. The highest BCUT2D eigenvalue weighted by Crippen LogP contribution is 2.28. The highest BCUT2D eigenvalue weighted by molar-refractivity contribution is 8.00. The first-order chi connectivity index (χ1) is 8.22. The molecule has 88 valence electrons. The average molecular weight is 246 g/mol. The summed E-state index contributed by atoms with van der Waals surface area (Å²) in [4.78, 5) is 12.0. The number of hydrogen-bond acceptors (Lipinski definition) is 3. The van der Waals surface area contributed by atoms with Crippen molar-refractivity contribution in [1.29, 1.82) is 5.26 Å². The smallest absolute Gasteiger partial charge is 0.237 e. The molecule has 1 N–H and O–H groups in total. The Hall–Kier alpha value is -1.47. The van der Waals surface area contributed by atoms with E-state index in [9.17, 15) is 4.79 Å². The topological polar surface area (TPSA) is 52.9 Å². The molecule has 0 aliphatic carbocycles. The van der Waals surface area contributed by atoms with E-state index in [0.717, 1.165) is 24.2 Å². The third kappa shape index (κ3) is 2.62. The number of benzene rings is 1. The fourth-order valence-corrected chi connectivity index (χ4v) is 3.08. The van der Waals surface area contributed by atoms with Crippen molar-refractivity contribution in [3.8, 4) is 6.07 Å². The quantitative estimate of drug-likeness (QED) is 0.873. The van der Waals surface area contributed by atoms with Gasteiger partial charge in [0.25, 0.3) is 0 Å². The number of nitrogens with zero attached hydrogens (tertiary/aromatic N) is 1. The van der Waals surface area contributed by atoms with E-state index in [-0.39, 0.29) is 11.2 Å². The summed E-state index contributed by atoms with van der Waals surface area (Å²) in [5, 5.41) is 12.0. The van der Waals surface area contributed by atoms with Crippen LogP contribution >= 0.6 is 11.8 Å². The maximum absolute atomic E-state index is 12.0. The zero-order valence-electron chi connectivity index (χ0n) is 9.69. The molecule has 2 rings (SSSR count). The van der Waals surface area contributed by atoms with Gasteiger partial charge in [0.1, 0.15) is 6.07 Å². The van der Waals surface area contributed by atoms with Gasteiger partial charge in [-0.15, -0.1) is 11.8 Å². The van der Waals surface area contributed by atoms with Crippen LogP contribution in [-0.2, 0) is 4.79 Å². The third-order valence-corrected chi connectivity index (χ3v) is 4.24. The zero-order chi connectivity index (χ0) is 12.3. The Kier molecular flexibility index (Phi) is 3.70. The van der Waals surface area contributed by atoms with Gasteiger partial charge >= 0.3 is 0 Å². The average Bonchev–Trinajstić information content (AvgIpc) is 2.82. The third-order valence-electron chi connectivity index (χ3n) is 2.86. The molecule has 1 saturated heterocycles. The maximum atomic E-state index is 12.0. The molecule has 0 radical (unpaired) electrons. The molecule has 4 heteroatoms. The van der Waals surface area contributed by atoms with Gasteiger partial charge < -0.3 is 5.32 Å². The van der Waals surface area contributed by atoms with E-state index < -0.39 is 0 Å². The summed E-state index contributed by atoms with van der Waals surface area (Å²) in [7, 11) is 0. The summed E-state index contributed by atoms with van der Waals surface area (Å²) >= 11 is 1.69. The molecule has 1 aromatic rings. The van der Waals surface area contributed by atoms with Crippen LogP contribution in [0.25, 0.3) is 0 Å². The first kappa shape index (κ1) is 12.0. The molecule has 1 amide bonds. The van der Waals surface area contributed by atoms with Crippen molar-refractivity contribution in [2.24, 2.45) is 0 Å². The normalized spacial score (nSPS) is 18.7. The first-order valence-corrected chi connectivity index (χ1v) is 6.69. The standard InChI is InChI=1S/C13H14N2OS/c1-9-4-2-5-11(10(9)8-14)15-13(16)12-6-3-7-17-12/h2,4-5,12H,3,6-7H2,1H3,(H,15,16). The van der Waals surface area contributed by atoms with Gasteiger partial charge in [0.05, 0.1) is 16.5 Å². The number of carbonyl (C=O) groups excluding carboxylic acids is 1. The van der Waals surface area contributed by atoms with Crippen molar-refractivity contribution in [2.75, 3.05) is 11.1 Å². The van der Waals surface area contributed by atoms with Crippen LogP contribution in [0.2, 0.25) is 0 Å². The highest BCUT2D eigenvalue weighted by Gasteiger charge is 2.23. The van der Waals surface area contributed by atoms with Gasteiger partial charge in [-0.1, -0.05) is 12.1 Å². The molecular weight excluding hydrogens is 232 g/mol. The molecule has 1 unspecified atom stereocenters. The molecule has 0 saturated carbocycles. The van der Waals surface area contributed by atoms with Crippen molar-refractivity contribution in [3.05, 3.63) is 29.3 Å². The molecule has 0 bridgehead atoms. The summed E-state index contributed by atoms with van der Waals surface area (Å²) in [6.45, 7) is 1.87.